The zero-order valence-corrected chi connectivity index (χ0v) is 24.4. The first kappa shape index (κ1) is 28.5. The standard InChI is InChI=1S/C34H29ClFN3O5/c35-22-7-4-21(26(36)16-22)18-44-32-3-1-2-27(38-32)25-8-5-19(24-9-11-30(40)33(24)25)15-31-37-28-10-6-20(34(41)42)14-29(28)39(31)17-23-12-13-43-23/h1-8,10,14,16,23,30,40H,9,11-13,15,17-18H2,(H,41,42)/t23-,30?/m0/s1. The van der Waals surface area contributed by atoms with Crippen molar-refractivity contribution in [2.24, 2.45) is 0 Å². The lowest BCUT2D eigenvalue weighted by Gasteiger charge is -2.27. The van der Waals surface area contributed by atoms with E-state index in [4.69, 9.17) is 26.1 Å². The maximum atomic E-state index is 14.3. The van der Waals surface area contributed by atoms with Crippen molar-refractivity contribution in [2.45, 2.75) is 51.0 Å². The Bertz CT molecular complexity index is 1900. The van der Waals surface area contributed by atoms with Gasteiger partial charge in [0.2, 0.25) is 5.88 Å². The van der Waals surface area contributed by atoms with Gasteiger partial charge in [-0.2, -0.15) is 0 Å². The van der Waals surface area contributed by atoms with Gasteiger partial charge < -0.3 is 24.3 Å². The molecular weight excluding hydrogens is 585 g/mol. The number of hydrogen-bond acceptors (Lipinski definition) is 6. The molecule has 2 aliphatic rings. The maximum absolute atomic E-state index is 14.3. The predicted molar refractivity (Wildman–Crippen MR) is 163 cm³/mol. The number of benzene rings is 3. The lowest BCUT2D eigenvalue weighted by Crippen LogP contribution is -2.31. The van der Waals surface area contributed by atoms with Gasteiger partial charge in [0.25, 0.3) is 0 Å². The summed E-state index contributed by atoms with van der Waals surface area (Å²) in [5.41, 5.74) is 6.51. The summed E-state index contributed by atoms with van der Waals surface area (Å²) in [5, 5.41) is 21.0. The summed E-state index contributed by atoms with van der Waals surface area (Å²) in [6.07, 6.45) is 2.18. The molecule has 0 amide bonds. The molecule has 2 N–H and O–H groups in total. The largest absolute Gasteiger partial charge is 0.478 e. The van der Waals surface area contributed by atoms with Gasteiger partial charge in [-0.3, -0.25) is 0 Å². The number of aliphatic hydroxyl groups is 1. The number of fused-ring (bicyclic) bond motifs is 2. The monoisotopic (exact) mass is 613 g/mol. The van der Waals surface area contributed by atoms with E-state index in [0.717, 1.165) is 52.1 Å². The van der Waals surface area contributed by atoms with E-state index >= 15 is 0 Å². The van der Waals surface area contributed by atoms with Crippen molar-refractivity contribution >= 4 is 28.6 Å². The molecule has 5 aromatic rings. The minimum absolute atomic E-state index is 0.0000184. The summed E-state index contributed by atoms with van der Waals surface area (Å²) in [6, 6.07) is 18.9. The minimum Gasteiger partial charge on any atom is -0.478 e. The molecule has 2 aromatic heterocycles. The van der Waals surface area contributed by atoms with E-state index in [9.17, 15) is 19.4 Å². The Morgan fingerprint density at radius 3 is 2.68 bits per heavy atom. The van der Waals surface area contributed by atoms with Crippen molar-refractivity contribution in [1.29, 1.82) is 0 Å². The molecule has 2 atom stereocenters. The average molecular weight is 614 g/mol. The zero-order chi connectivity index (χ0) is 30.4. The summed E-state index contributed by atoms with van der Waals surface area (Å²) in [5.74, 6) is -0.267. The van der Waals surface area contributed by atoms with Crippen LogP contribution in [0, 0.1) is 5.82 Å². The van der Waals surface area contributed by atoms with Gasteiger partial charge in [-0.1, -0.05) is 35.9 Å². The fourth-order valence-electron chi connectivity index (χ4n) is 6.08. The topological polar surface area (TPSA) is 107 Å². The molecule has 8 nitrogen and oxygen atoms in total. The number of aromatic nitrogens is 3. The van der Waals surface area contributed by atoms with E-state index in [1.165, 1.54) is 6.07 Å². The zero-order valence-electron chi connectivity index (χ0n) is 23.7. The van der Waals surface area contributed by atoms with Crippen LogP contribution in [0.15, 0.2) is 66.7 Å². The molecule has 0 saturated carbocycles. The van der Waals surface area contributed by atoms with Crippen LogP contribution >= 0.6 is 11.6 Å². The van der Waals surface area contributed by atoms with Crippen molar-refractivity contribution in [3.63, 3.8) is 0 Å². The fraction of sp³-hybridized carbons (Fsp3) is 0.265. The molecule has 224 valence electrons. The van der Waals surface area contributed by atoms with Crippen LogP contribution in [0.2, 0.25) is 5.02 Å². The number of aromatic carboxylic acids is 1. The molecule has 10 heteroatoms. The summed E-state index contributed by atoms with van der Waals surface area (Å²) in [4.78, 5) is 21.3. The lowest BCUT2D eigenvalue weighted by atomic mass is 9.93. The summed E-state index contributed by atoms with van der Waals surface area (Å²) in [7, 11) is 0. The number of rotatable bonds is 9. The molecule has 0 radical (unpaired) electrons. The number of imidazole rings is 1. The lowest BCUT2D eigenvalue weighted by molar-refractivity contribution is -0.0589. The third-order valence-electron chi connectivity index (χ3n) is 8.45. The molecule has 1 fully saturated rings. The molecule has 1 aliphatic carbocycles. The van der Waals surface area contributed by atoms with Gasteiger partial charge in [0, 0.05) is 35.2 Å². The van der Waals surface area contributed by atoms with Gasteiger partial charge in [0.05, 0.1) is 41.0 Å². The Labute approximate surface area is 257 Å². The fourth-order valence-corrected chi connectivity index (χ4v) is 6.24. The maximum Gasteiger partial charge on any atom is 0.335 e. The molecule has 1 aliphatic heterocycles. The Hall–Kier alpha value is -4.31. The Balaban J connectivity index is 1.21. The predicted octanol–water partition coefficient (Wildman–Crippen LogP) is 6.53. The van der Waals surface area contributed by atoms with E-state index in [-0.39, 0.29) is 18.3 Å². The molecular formula is C34H29ClFN3O5. The van der Waals surface area contributed by atoms with Crippen molar-refractivity contribution in [3.8, 4) is 17.1 Å². The first-order valence-electron chi connectivity index (χ1n) is 14.5. The van der Waals surface area contributed by atoms with Crippen LogP contribution in [0.5, 0.6) is 5.88 Å². The first-order chi connectivity index (χ1) is 21.3. The highest BCUT2D eigenvalue weighted by Crippen LogP contribution is 2.41. The second-order valence-corrected chi connectivity index (χ2v) is 11.6. The quantitative estimate of drug-likeness (QED) is 0.195. The van der Waals surface area contributed by atoms with Gasteiger partial charge in [-0.15, -0.1) is 0 Å². The summed E-state index contributed by atoms with van der Waals surface area (Å²) < 4.78 is 27.9. The smallest absolute Gasteiger partial charge is 0.335 e. The van der Waals surface area contributed by atoms with Gasteiger partial charge >= 0.3 is 5.97 Å². The number of aliphatic hydroxyl groups excluding tert-OH is 1. The van der Waals surface area contributed by atoms with Crippen LogP contribution in [0.25, 0.3) is 22.3 Å². The van der Waals surface area contributed by atoms with Gasteiger partial charge in [0.15, 0.2) is 0 Å². The van der Waals surface area contributed by atoms with Crippen LogP contribution in [0.1, 0.15) is 57.4 Å². The average Bonchev–Trinajstić information content (AvgIpc) is 3.54. The molecule has 3 heterocycles. The van der Waals surface area contributed by atoms with Gasteiger partial charge in [0.1, 0.15) is 18.2 Å². The first-order valence-corrected chi connectivity index (χ1v) is 14.9. The van der Waals surface area contributed by atoms with Crippen molar-refractivity contribution < 1.29 is 28.9 Å². The third kappa shape index (κ3) is 5.43. The molecule has 7 rings (SSSR count). The summed E-state index contributed by atoms with van der Waals surface area (Å²) >= 11 is 5.86. The second-order valence-electron chi connectivity index (χ2n) is 11.2. The van der Waals surface area contributed by atoms with E-state index in [1.54, 1.807) is 36.4 Å². The third-order valence-corrected chi connectivity index (χ3v) is 8.68. The minimum atomic E-state index is -0.983. The van der Waals surface area contributed by atoms with Crippen LogP contribution in [0.3, 0.4) is 0 Å². The van der Waals surface area contributed by atoms with Gasteiger partial charge in [-0.05, 0) is 72.4 Å². The highest BCUT2D eigenvalue weighted by Gasteiger charge is 2.29. The van der Waals surface area contributed by atoms with E-state index < -0.39 is 17.9 Å². The number of pyridine rings is 1. The van der Waals surface area contributed by atoms with E-state index in [1.807, 2.05) is 18.2 Å². The molecule has 3 aromatic carbocycles. The molecule has 44 heavy (non-hydrogen) atoms. The summed E-state index contributed by atoms with van der Waals surface area (Å²) in [6.45, 7) is 1.31. The number of carbonyl (C=O) groups is 1. The van der Waals surface area contributed by atoms with E-state index in [0.29, 0.717) is 48.0 Å². The Morgan fingerprint density at radius 1 is 1.07 bits per heavy atom. The van der Waals surface area contributed by atoms with Crippen molar-refractivity contribution in [2.75, 3.05) is 6.61 Å². The van der Waals surface area contributed by atoms with Crippen LogP contribution in [-0.2, 0) is 30.7 Å². The number of nitrogens with zero attached hydrogens (tertiary/aromatic N) is 3. The normalized spacial score (nSPS) is 17.4. The Kier molecular flexibility index (Phi) is 7.53. The molecule has 1 saturated heterocycles. The number of ether oxygens (including phenoxy) is 2. The van der Waals surface area contributed by atoms with Crippen LogP contribution in [-0.4, -0.2) is 43.4 Å². The highest BCUT2D eigenvalue weighted by atomic mass is 35.5. The van der Waals surface area contributed by atoms with E-state index in [2.05, 4.69) is 15.6 Å². The number of carboxylic acids is 1. The van der Waals surface area contributed by atoms with Crippen LogP contribution in [0.4, 0.5) is 4.39 Å². The van der Waals surface area contributed by atoms with Crippen molar-refractivity contribution in [1.82, 2.24) is 14.5 Å². The molecule has 1 unspecified atom stereocenters. The van der Waals surface area contributed by atoms with Crippen LogP contribution < -0.4 is 4.74 Å². The Morgan fingerprint density at radius 2 is 1.91 bits per heavy atom. The molecule has 0 spiro atoms. The number of carboxylic acid groups (broad SMARTS) is 1. The SMILES string of the molecule is O=C(O)c1ccc2nc(Cc3ccc(-c4cccc(OCc5ccc(Cl)cc5F)n4)c4c3CCC4O)n(C[C@@H]3CCO3)c2c1. The number of hydrogen-bond donors (Lipinski definition) is 2. The number of halogens is 2. The molecule has 0 bridgehead atoms. The van der Waals surface area contributed by atoms with Crippen molar-refractivity contribution in [3.05, 3.63) is 111 Å². The second kappa shape index (κ2) is 11.6. The van der Waals surface area contributed by atoms with Gasteiger partial charge in [-0.25, -0.2) is 19.2 Å². The highest BCUT2D eigenvalue weighted by molar-refractivity contribution is 6.30.